The highest BCUT2D eigenvalue weighted by Crippen LogP contribution is 2.26. The average molecular weight is 384 g/mol. The molecule has 1 saturated heterocycles. The maximum atomic E-state index is 12.2. The molecule has 1 aliphatic heterocycles. The summed E-state index contributed by atoms with van der Waals surface area (Å²) < 4.78 is 6.43. The quantitative estimate of drug-likeness (QED) is 0.851. The van der Waals surface area contributed by atoms with E-state index in [0.29, 0.717) is 11.8 Å². The molecule has 0 radical (unpaired) electrons. The lowest BCUT2D eigenvalue weighted by molar-refractivity contribution is 0.0124. The molecule has 1 fully saturated rings. The molecule has 0 spiro atoms. The number of nitrogens with zero attached hydrogens (tertiary/aromatic N) is 2. The number of ether oxygens (including phenoxy) is 1. The van der Waals surface area contributed by atoms with Crippen LogP contribution in [0.2, 0.25) is 0 Å². The van der Waals surface area contributed by atoms with Crippen LogP contribution in [0, 0.1) is 11.8 Å². The standard InChI is InChI=1S/C17H26BrN3O2/c1-12-11-21(16(22)23-17(2,3)4)9-7-13(12)10-20-15-14(18)6-5-8-19-15/h5-6,8,12-13H,7,9-11H2,1-4H3,(H,19,20)/t12-,13?/m1/s1. The molecule has 5 nitrogen and oxygen atoms in total. The predicted octanol–water partition coefficient (Wildman–Crippen LogP) is 4.15. The van der Waals surface area contributed by atoms with Gasteiger partial charge >= 0.3 is 6.09 Å². The minimum atomic E-state index is -0.440. The molecule has 2 rings (SSSR count). The second kappa shape index (κ2) is 7.51. The fourth-order valence-electron chi connectivity index (χ4n) is 2.73. The van der Waals surface area contributed by atoms with E-state index < -0.39 is 5.60 Å². The van der Waals surface area contributed by atoms with Crippen LogP contribution in [0.1, 0.15) is 34.1 Å². The van der Waals surface area contributed by atoms with E-state index in [1.807, 2.05) is 37.8 Å². The lowest BCUT2D eigenvalue weighted by atomic mass is 9.87. The summed E-state index contributed by atoms with van der Waals surface area (Å²) in [6.07, 6.45) is 2.54. The lowest BCUT2D eigenvalue weighted by Gasteiger charge is -2.37. The van der Waals surface area contributed by atoms with Crippen molar-refractivity contribution in [2.24, 2.45) is 11.8 Å². The Morgan fingerprint density at radius 1 is 1.52 bits per heavy atom. The molecule has 1 aromatic heterocycles. The Hall–Kier alpha value is -1.30. The van der Waals surface area contributed by atoms with Gasteiger partial charge < -0.3 is 15.0 Å². The zero-order valence-corrected chi connectivity index (χ0v) is 15.9. The number of carbonyl (C=O) groups excluding carboxylic acids is 1. The topological polar surface area (TPSA) is 54.5 Å². The Labute approximate surface area is 146 Å². The van der Waals surface area contributed by atoms with Crippen LogP contribution < -0.4 is 5.32 Å². The van der Waals surface area contributed by atoms with Gasteiger partial charge in [0.25, 0.3) is 0 Å². The molecule has 2 heterocycles. The summed E-state index contributed by atoms with van der Waals surface area (Å²) in [6.45, 7) is 10.2. The van der Waals surface area contributed by atoms with E-state index in [-0.39, 0.29) is 6.09 Å². The summed E-state index contributed by atoms with van der Waals surface area (Å²) in [6, 6.07) is 3.88. The van der Waals surface area contributed by atoms with Crippen LogP contribution in [0.5, 0.6) is 0 Å². The van der Waals surface area contributed by atoms with Gasteiger partial charge in [0, 0.05) is 25.8 Å². The maximum absolute atomic E-state index is 12.2. The Kier molecular flexibility index (Phi) is 5.89. The van der Waals surface area contributed by atoms with Crippen molar-refractivity contribution in [3.8, 4) is 0 Å². The molecule has 6 heteroatoms. The number of hydrogen-bond acceptors (Lipinski definition) is 4. The first-order chi connectivity index (χ1) is 10.8. The molecule has 2 atom stereocenters. The molecule has 1 aromatic rings. The first-order valence-corrected chi connectivity index (χ1v) is 8.88. The van der Waals surface area contributed by atoms with Crippen molar-refractivity contribution < 1.29 is 9.53 Å². The molecule has 1 N–H and O–H groups in total. The molecule has 23 heavy (non-hydrogen) atoms. The molecule has 1 unspecified atom stereocenters. The number of halogens is 1. The fraction of sp³-hybridized carbons (Fsp3) is 0.647. The highest BCUT2D eigenvalue weighted by Gasteiger charge is 2.31. The number of nitrogens with one attached hydrogen (secondary N) is 1. The molecule has 0 aromatic carbocycles. The second-order valence-corrected chi connectivity index (χ2v) is 8.02. The van der Waals surface area contributed by atoms with Gasteiger partial charge in [-0.1, -0.05) is 6.92 Å². The smallest absolute Gasteiger partial charge is 0.410 e. The molecule has 1 aliphatic rings. The molecular weight excluding hydrogens is 358 g/mol. The third-order valence-electron chi connectivity index (χ3n) is 4.02. The molecular formula is C17H26BrN3O2. The predicted molar refractivity (Wildman–Crippen MR) is 95.5 cm³/mol. The summed E-state index contributed by atoms with van der Waals surface area (Å²) in [5.41, 5.74) is -0.440. The zero-order chi connectivity index (χ0) is 17.0. The van der Waals surface area contributed by atoms with Crippen molar-refractivity contribution in [3.63, 3.8) is 0 Å². The minimum Gasteiger partial charge on any atom is -0.444 e. The van der Waals surface area contributed by atoms with Gasteiger partial charge in [-0.2, -0.15) is 0 Å². The minimum absolute atomic E-state index is 0.205. The van der Waals surface area contributed by atoms with Gasteiger partial charge in [-0.3, -0.25) is 0 Å². The van der Waals surface area contributed by atoms with E-state index in [1.165, 1.54) is 0 Å². The first-order valence-electron chi connectivity index (χ1n) is 8.08. The van der Waals surface area contributed by atoms with Gasteiger partial charge in [-0.15, -0.1) is 0 Å². The third-order valence-corrected chi connectivity index (χ3v) is 4.66. The number of pyridine rings is 1. The highest BCUT2D eigenvalue weighted by atomic mass is 79.9. The number of piperidine rings is 1. The van der Waals surface area contributed by atoms with Gasteiger partial charge in [0.15, 0.2) is 0 Å². The van der Waals surface area contributed by atoms with Crippen molar-refractivity contribution in [2.75, 3.05) is 25.0 Å². The van der Waals surface area contributed by atoms with E-state index in [2.05, 4.69) is 33.2 Å². The van der Waals surface area contributed by atoms with E-state index in [4.69, 9.17) is 4.74 Å². The number of anilines is 1. The number of aromatic nitrogens is 1. The summed E-state index contributed by atoms with van der Waals surface area (Å²) in [5.74, 6) is 1.81. The van der Waals surface area contributed by atoms with Gasteiger partial charge in [0.05, 0.1) is 4.47 Å². The molecule has 0 aliphatic carbocycles. The number of hydrogen-bond donors (Lipinski definition) is 1. The number of carbonyl (C=O) groups is 1. The van der Waals surface area contributed by atoms with Crippen molar-refractivity contribution in [1.29, 1.82) is 0 Å². The molecule has 0 bridgehead atoms. The summed E-state index contributed by atoms with van der Waals surface area (Å²) in [4.78, 5) is 18.3. The largest absolute Gasteiger partial charge is 0.444 e. The van der Waals surface area contributed by atoms with Crippen molar-refractivity contribution in [2.45, 2.75) is 39.7 Å². The van der Waals surface area contributed by atoms with Crippen LogP contribution in [0.3, 0.4) is 0 Å². The van der Waals surface area contributed by atoms with E-state index >= 15 is 0 Å². The fourth-order valence-corrected chi connectivity index (χ4v) is 3.13. The first kappa shape index (κ1) is 18.0. The Balaban J connectivity index is 1.84. The molecule has 1 amide bonds. The van der Waals surface area contributed by atoms with Gasteiger partial charge in [0.1, 0.15) is 11.4 Å². The van der Waals surface area contributed by atoms with E-state index in [1.54, 1.807) is 6.20 Å². The van der Waals surface area contributed by atoms with Gasteiger partial charge in [-0.05, 0) is 67.1 Å². The van der Waals surface area contributed by atoms with Crippen LogP contribution in [0.15, 0.2) is 22.8 Å². The van der Waals surface area contributed by atoms with E-state index in [0.717, 1.165) is 36.3 Å². The maximum Gasteiger partial charge on any atom is 0.410 e. The Morgan fingerprint density at radius 3 is 2.87 bits per heavy atom. The second-order valence-electron chi connectivity index (χ2n) is 7.17. The normalized spacial score (nSPS) is 21.9. The SMILES string of the molecule is C[C@@H]1CN(C(=O)OC(C)(C)C)CCC1CNc1ncccc1Br. The summed E-state index contributed by atoms with van der Waals surface area (Å²) in [5, 5.41) is 3.40. The third kappa shape index (κ3) is 5.37. The van der Waals surface area contributed by atoms with Crippen LogP contribution in [0.4, 0.5) is 10.6 Å². The van der Waals surface area contributed by atoms with Crippen molar-refractivity contribution >= 4 is 27.8 Å². The van der Waals surface area contributed by atoms with Crippen molar-refractivity contribution in [3.05, 3.63) is 22.8 Å². The van der Waals surface area contributed by atoms with Gasteiger partial charge in [-0.25, -0.2) is 9.78 Å². The lowest BCUT2D eigenvalue weighted by Crippen LogP contribution is -2.46. The highest BCUT2D eigenvalue weighted by molar-refractivity contribution is 9.10. The monoisotopic (exact) mass is 383 g/mol. The molecule has 0 saturated carbocycles. The van der Waals surface area contributed by atoms with Gasteiger partial charge in [0.2, 0.25) is 0 Å². The number of likely N-dealkylation sites (tertiary alicyclic amines) is 1. The van der Waals surface area contributed by atoms with Crippen LogP contribution in [-0.2, 0) is 4.74 Å². The Morgan fingerprint density at radius 2 is 2.26 bits per heavy atom. The number of rotatable bonds is 3. The number of amides is 1. The van der Waals surface area contributed by atoms with Crippen molar-refractivity contribution in [1.82, 2.24) is 9.88 Å². The average Bonchev–Trinajstić information content (AvgIpc) is 2.45. The zero-order valence-electron chi connectivity index (χ0n) is 14.3. The Bertz CT molecular complexity index is 545. The van der Waals surface area contributed by atoms with Crippen LogP contribution in [-0.4, -0.2) is 41.2 Å². The van der Waals surface area contributed by atoms with Crippen LogP contribution in [0.25, 0.3) is 0 Å². The molecule has 128 valence electrons. The summed E-state index contributed by atoms with van der Waals surface area (Å²) >= 11 is 3.50. The summed E-state index contributed by atoms with van der Waals surface area (Å²) in [7, 11) is 0. The van der Waals surface area contributed by atoms with Crippen LogP contribution >= 0.6 is 15.9 Å². The van der Waals surface area contributed by atoms with E-state index in [9.17, 15) is 4.79 Å².